The molecule has 1 aliphatic heterocycles. The van der Waals surface area contributed by atoms with Gasteiger partial charge < -0.3 is 16.4 Å². The first-order valence-electron chi connectivity index (χ1n) is 10.9. The van der Waals surface area contributed by atoms with Gasteiger partial charge in [0.05, 0.1) is 11.2 Å². The molecule has 0 fully saturated rings. The number of fused-ring (bicyclic) bond motifs is 2. The lowest BCUT2D eigenvalue weighted by atomic mass is 10.1. The van der Waals surface area contributed by atoms with E-state index in [1.54, 1.807) is 6.07 Å². The van der Waals surface area contributed by atoms with Crippen LogP contribution in [0, 0.1) is 6.92 Å². The van der Waals surface area contributed by atoms with Crippen molar-refractivity contribution in [1.82, 2.24) is 19.9 Å². The van der Waals surface area contributed by atoms with Crippen molar-refractivity contribution in [2.45, 2.75) is 26.3 Å². The molecule has 0 saturated carbocycles. The van der Waals surface area contributed by atoms with Gasteiger partial charge in [0.1, 0.15) is 5.82 Å². The zero-order valence-electron chi connectivity index (χ0n) is 18.1. The van der Waals surface area contributed by atoms with Gasteiger partial charge in [-0.3, -0.25) is 9.36 Å². The number of carbonyl (C=O) groups excluding carboxylic acids is 1. The third-order valence-electron chi connectivity index (χ3n) is 5.97. The monoisotopic (exact) mass is 426 g/mol. The molecule has 162 valence electrons. The molecule has 1 amide bonds. The van der Waals surface area contributed by atoms with Gasteiger partial charge in [0.2, 0.25) is 11.9 Å². The van der Waals surface area contributed by atoms with Gasteiger partial charge in [-0.25, -0.2) is 4.98 Å². The highest BCUT2D eigenvalue weighted by Gasteiger charge is 2.20. The molecule has 0 spiro atoms. The van der Waals surface area contributed by atoms with E-state index in [1.165, 1.54) is 11.1 Å². The zero-order chi connectivity index (χ0) is 22.1. The lowest BCUT2D eigenvalue weighted by Crippen LogP contribution is -2.16. The minimum atomic E-state index is -0.438. The Morgan fingerprint density at radius 2 is 1.91 bits per heavy atom. The van der Waals surface area contributed by atoms with Crippen LogP contribution in [-0.4, -0.2) is 33.5 Å². The lowest BCUT2D eigenvalue weighted by molar-refractivity contribution is 0.100. The fourth-order valence-corrected chi connectivity index (χ4v) is 4.40. The molecule has 2 aromatic carbocycles. The highest BCUT2D eigenvalue weighted by Crippen LogP contribution is 2.28. The van der Waals surface area contributed by atoms with Crippen molar-refractivity contribution in [2.75, 3.05) is 18.4 Å². The molecule has 0 aliphatic carbocycles. The zero-order valence-corrected chi connectivity index (χ0v) is 18.1. The summed E-state index contributed by atoms with van der Waals surface area (Å²) >= 11 is 0. The van der Waals surface area contributed by atoms with Crippen LogP contribution in [-0.2, 0) is 19.4 Å². The van der Waals surface area contributed by atoms with Gasteiger partial charge in [-0.1, -0.05) is 36.4 Å². The molecule has 0 atom stereocenters. The molecule has 7 heteroatoms. The summed E-state index contributed by atoms with van der Waals surface area (Å²) in [5.41, 5.74) is 11.4. The van der Waals surface area contributed by atoms with E-state index in [0.29, 0.717) is 18.1 Å². The molecule has 32 heavy (non-hydrogen) atoms. The second-order valence-corrected chi connectivity index (χ2v) is 8.11. The molecule has 1 aliphatic rings. The van der Waals surface area contributed by atoms with Crippen LogP contribution in [0.25, 0.3) is 16.9 Å². The Balaban J connectivity index is 1.63. The van der Waals surface area contributed by atoms with Gasteiger partial charge in [-0.2, -0.15) is 4.98 Å². The first-order valence-corrected chi connectivity index (χ1v) is 10.9. The smallest absolute Gasteiger partial charge is 0.249 e. The summed E-state index contributed by atoms with van der Waals surface area (Å²) in [6.07, 6.45) is 1.72. The molecular weight excluding hydrogens is 400 g/mol. The summed E-state index contributed by atoms with van der Waals surface area (Å²) in [7, 11) is 0. The molecule has 4 aromatic rings. The van der Waals surface area contributed by atoms with Gasteiger partial charge in [-0.05, 0) is 43.7 Å². The van der Waals surface area contributed by atoms with Gasteiger partial charge in [0.25, 0.3) is 0 Å². The summed E-state index contributed by atoms with van der Waals surface area (Å²) in [6.45, 7) is 4.48. The number of benzene rings is 2. The van der Waals surface area contributed by atoms with Crippen LogP contribution < -0.4 is 16.4 Å². The first kappa shape index (κ1) is 20.2. The van der Waals surface area contributed by atoms with Crippen molar-refractivity contribution < 1.29 is 4.79 Å². The Morgan fingerprint density at radius 3 is 2.72 bits per heavy atom. The number of hydrogen-bond donors (Lipinski definition) is 3. The number of anilines is 1. The van der Waals surface area contributed by atoms with Crippen LogP contribution >= 0.6 is 0 Å². The molecule has 3 heterocycles. The van der Waals surface area contributed by atoms with Gasteiger partial charge in [-0.15, -0.1) is 0 Å². The summed E-state index contributed by atoms with van der Waals surface area (Å²) in [5.74, 6) is 1.03. The highest BCUT2D eigenvalue weighted by molar-refractivity contribution is 6.06. The van der Waals surface area contributed by atoms with E-state index in [-0.39, 0.29) is 0 Å². The minimum absolute atomic E-state index is 0.438. The van der Waals surface area contributed by atoms with Crippen molar-refractivity contribution in [1.29, 1.82) is 0 Å². The Bertz CT molecular complexity index is 1300. The van der Waals surface area contributed by atoms with E-state index in [9.17, 15) is 4.79 Å². The fraction of sp³-hybridized carbons (Fsp3) is 0.240. The van der Waals surface area contributed by atoms with Gasteiger partial charge in [0, 0.05) is 41.7 Å². The van der Waals surface area contributed by atoms with Gasteiger partial charge in [0.15, 0.2) is 0 Å². The lowest BCUT2D eigenvalue weighted by Gasteiger charge is -2.16. The molecule has 0 saturated heterocycles. The Hall–Kier alpha value is -3.71. The van der Waals surface area contributed by atoms with Crippen molar-refractivity contribution in [3.8, 4) is 5.95 Å². The summed E-state index contributed by atoms with van der Waals surface area (Å²) in [5, 5.41) is 7.82. The number of carbonyl (C=O) groups is 1. The maximum Gasteiger partial charge on any atom is 0.249 e. The van der Waals surface area contributed by atoms with Crippen molar-refractivity contribution in [3.05, 3.63) is 82.7 Å². The fourth-order valence-electron chi connectivity index (χ4n) is 4.40. The molecule has 2 aromatic heterocycles. The largest absolute Gasteiger partial charge is 0.366 e. The molecule has 0 bridgehead atoms. The average Bonchev–Trinajstić information content (AvgIpc) is 2.96. The van der Waals surface area contributed by atoms with E-state index in [0.717, 1.165) is 54.0 Å². The van der Waals surface area contributed by atoms with Crippen molar-refractivity contribution in [3.63, 3.8) is 0 Å². The van der Waals surface area contributed by atoms with Crippen molar-refractivity contribution in [2.24, 2.45) is 5.73 Å². The molecule has 7 nitrogen and oxygen atoms in total. The van der Waals surface area contributed by atoms with E-state index in [2.05, 4.69) is 22.8 Å². The third-order valence-corrected chi connectivity index (χ3v) is 5.97. The van der Waals surface area contributed by atoms with E-state index in [1.807, 2.05) is 47.9 Å². The molecule has 0 unspecified atom stereocenters. The highest BCUT2D eigenvalue weighted by atomic mass is 16.1. The number of aryl methyl sites for hydroxylation is 1. The Kier molecular flexibility index (Phi) is 5.33. The van der Waals surface area contributed by atoms with Crippen LogP contribution in [0.15, 0.2) is 54.6 Å². The average molecular weight is 427 g/mol. The maximum atomic E-state index is 11.9. The van der Waals surface area contributed by atoms with Crippen LogP contribution in [0.1, 0.15) is 32.9 Å². The number of aromatic nitrogens is 3. The maximum absolute atomic E-state index is 11.9. The second-order valence-electron chi connectivity index (χ2n) is 8.11. The topological polar surface area (TPSA) is 97.9 Å². The number of hydrogen-bond acceptors (Lipinski definition) is 5. The van der Waals surface area contributed by atoms with Crippen molar-refractivity contribution >= 4 is 22.6 Å². The predicted octanol–water partition coefficient (Wildman–Crippen LogP) is 3.13. The van der Waals surface area contributed by atoms with E-state index < -0.39 is 5.91 Å². The van der Waals surface area contributed by atoms with E-state index >= 15 is 0 Å². The Morgan fingerprint density at radius 1 is 1.09 bits per heavy atom. The van der Waals surface area contributed by atoms with Gasteiger partial charge >= 0.3 is 0 Å². The normalized spacial score (nSPS) is 13.5. The number of rotatable bonds is 5. The summed E-state index contributed by atoms with van der Waals surface area (Å²) in [4.78, 5) is 21.9. The van der Waals surface area contributed by atoms with Crippen LogP contribution in [0.3, 0.4) is 0 Å². The van der Waals surface area contributed by atoms with Crippen LogP contribution in [0.4, 0.5) is 5.82 Å². The standard InChI is InChI=1S/C25H26N6O/c1-16-14-20-18(23(26)32)8-5-9-22(20)31(16)25-29-21-11-13-27-12-10-19(21)24(30-25)28-15-17-6-3-2-4-7-17/h2-9,14,27H,10-13,15H2,1H3,(H2,26,32)(H,28,29,30). The number of primary amides is 1. The molecule has 5 rings (SSSR count). The van der Waals surface area contributed by atoms with E-state index in [4.69, 9.17) is 15.7 Å². The SMILES string of the molecule is Cc1cc2c(C(N)=O)cccc2n1-c1nc2c(c(NCc3ccccc3)n1)CCNCC2. The molecular formula is C25H26N6O. The number of nitrogens with two attached hydrogens (primary N) is 1. The van der Waals surface area contributed by atoms with Crippen LogP contribution in [0.5, 0.6) is 0 Å². The third kappa shape index (κ3) is 3.71. The Labute approximate surface area is 186 Å². The molecule has 4 N–H and O–H groups in total. The summed E-state index contributed by atoms with van der Waals surface area (Å²) in [6, 6.07) is 17.9. The second kappa shape index (κ2) is 8.43. The minimum Gasteiger partial charge on any atom is -0.366 e. The number of amides is 1. The molecule has 0 radical (unpaired) electrons. The van der Waals surface area contributed by atoms with Crippen LogP contribution in [0.2, 0.25) is 0 Å². The summed E-state index contributed by atoms with van der Waals surface area (Å²) < 4.78 is 2.01. The quantitative estimate of drug-likeness (QED) is 0.456. The number of nitrogens with zero attached hydrogens (tertiary/aromatic N) is 3. The number of nitrogens with one attached hydrogen (secondary N) is 2. The first-order chi connectivity index (χ1) is 15.6. The predicted molar refractivity (Wildman–Crippen MR) is 126 cm³/mol.